The maximum Gasteiger partial charge on any atom is 0.122 e. The van der Waals surface area contributed by atoms with Crippen molar-refractivity contribution in [2.45, 2.75) is 57.7 Å². The van der Waals surface area contributed by atoms with Gasteiger partial charge in [0, 0.05) is 13.5 Å². The van der Waals surface area contributed by atoms with Gasteiger partial charge >= 0.3 is 0 Å². The van der Waals surface area contributed by atoms with Crippen molar-refractivity contribution in [3.8, 4) is 5.75 Å². The maximum atomic E-state index is 10.5. The van der Waals surface area contributed by atoms with E-state index in [0.29, 0.717) is 0 Å². The van der Waals surface area contributed by atoms with Crippen LogP contribution in [0.4, 0.5) is 0 Å². The van der Waals surface area contributed by atoms with Crippen LogP contribution in [0, 0.1) is 0 Å². The zero-order valence-electron chi connectivity index (χ0n) is 12.8. The van der Waals surface area contributed by atoms with Crippen molar-refractivity contribution in [2.24, 2.45) is 0 Å². The third-order valence-corrected chi connectivity index (χ3v) is 4.67. The Labute approximate surface area is 121 Å². The van der Waals surface area contributed by atoms with Gasteiger partial charge in [0.1, 0.15) is 5.75 Å². The van der Waals surface area contributed by atoms with Gasteiger partial charge in [-0.2, -0.15) is 0 Å². The second-order valence-electron chi connectivity index (χ2n) is 5.57. The third kappa shape index (κ3) is 2.99. The molecule has 1 atom stereocenters. The van der Waals surface area contributed by atoms with Crippen LogP contribution in [0.1, 0.15) is 44.2 Å². The molecule has 1 heterocycles. The van der Waals surface area contributed by atoms with E-state index in [1.807, 2.05) is 6.07 Å². The molecule has 3 heteroatoms. The van der Waals surface area contributed by atoms with Crippen LogP contribution < -0.4 is 4.74 Å². The molecule has 0 bridgehead atoms. The molecule has 1 aromatic rings. The zero-order valence-corrected chi connectivity index (χ0v) is 12.8. The summed E-state index contributed by atoms with van der Waals surface area (Å²) in [5, 5.41) is 10.5. The van der Waals surface area contributed by atoms with E-state index in [0.717, 1.165) is 44.5 Å². The molecule has 3 nitrogen and oxygen atoms in total. The average molecular weight is 278 g/mol. The zero-order chi connectivity index (χ0) is 14.6. The lowest BCUT2D eigenvalue weighted by atomic mass is 9.87. The summed E-state index contributed by atoms with van der Waals surface area (Å²) in [5.74, 6) is 1.02. The predicted molar refractivity (Wildman–Crippen MR) is 80.3 cm³/mol. The SMILES string of the molecule is CCC(CC)(OC)C(O)CCc1ccc2c(c1)CCO2. The Morgan fingerprint density at radius 3 is 2.75 bits per heavy atom. The molecule has 0 aliphatic carbocycles. The molecule has 1 N–H and O–H groups in total. The number of rotatable bonds is 7. The molecule has 0 saturated carbocycles. The largest absolute Gasteiger partial charge is 0.493 e. The number of methoxy groups -OCH3 is 1. The van der Waals surface area contributed by atoms with E-state index >= 15 is 0 Å². The van der Waals surface area contributed by atoms with E-state index in [9.17, 15) is 5.11 Å². The van der Waals surface area contributed by atoms with E-state index in [-0.39, 0.29) is 0 Å². The first-order chi connectivity index (χ1) is 9.65. The van der Waals surface area contributed by atoms with Gasteiger partial charge in [0.25, 0.3) is 0 Å². The number of hydrogen-bond acceptors (Lipinski definition) is 3. The van der Waals surface area contributed by atoms with Crippen LogP contribution in [-0.2, 0) is 17.6 Å². The van der Waals surface area contributed by atoms with Gasteiger partial charge in [-0.15, -0.1) is 0 Å². The summed E-state index contributed by atoms with van der Waals surface area (Å²) in [6.45, 7) is 4.94. The number of aliphatic hydroxyl groups is 1. The summed E-state index contributed by atoms with van der Waals surface area (Å²) in [6, 6.07) is 6.36. The fourth-order valence-corrected chi connectivity index (χ4v) is 3.11. The van der Waals surface area contributed by atoms with E-state index in [4.69, 9.17) is 9.47 Å². The fraction of sp³-hybridized carbons (Fsp3) is 0.647. The minimum Gasteiger partial charge on any atom is -0.493 e. The van der Waals surface area contributed by atoms with Gasteiger partial charge in [-0.25, -0.2) is 0 Å². The molecular formula is C17H26O3. The first-order valence-corrected chi connectivity index (χ1v) is 7.63. The monoisotopic (exact) mass is 278 g/mol. The van der Waals surface area contributed by atoms with Gasteiger partial charge in [0.15, 0.2) is 0 Å². The highest BCUT2D eigenvalue weighted by molar-refractivity contribution is 5.39. The minimum absolute atomic E-state index is 0.403. The molecule has 2 rings (SSSR count). The van der Waals surface area contributed by atoms with Crippen LogP contribution in [0.3, 0.4) is 0 Å². The first-order valence-electron chi connectivity index (χ1n) is 7.63. The number of hydrogen-bond donors (Lipinski definition) is 1. The van der Waals surface area contributed by atoms with Crippen molar-refractivity contribution >= 4 is 0 Å². The summed E-state index contributed by atoms with van der Waals surface area (Å²) in [6.07, 6.45) is 3.84. The van der Waals surface area contributed by atoms with Crippen LogP contribution in [0.2, 0.25) is 0 Å². The number of benzene rings is 1. The van der Waals surface area contributed by atoms with E-state index in [2.05, 4.69) is 26.0 Å². The van der Waals surface area contributed by atoms with Crippen LogP contribution in [0.15, 0.2) is 18.2 Å². The Balaban J connectivity index is 1.97. The topological polar surface area (TPSA) is 38.7 Å². The van der Waals surface area contributed by atoms with Gasteiger partial charge in [-0.3, -0.25) is 0 Å². The molecule has 1 aromatic carbocycles. The Hall–Kier alpha value is -1.06. The Morgan fingerprint density at radius 1 is 1.35 bits per heavy atom. The molecule has 0 saturated heterocycles. The molecule has 0 fully saturated rings. The van der Waals surface area contributed by atoms with Crippen molar-refractivity contribution in [1.29, 1.82) is 0 Å². The average Bonchev–Trinajstić information content (AvgIpc) is 2.95. The van der Waals surface area contributed by atoms with E-state index in [1.165, 1.54) is 11.1 Å². The van der Waals surface area contributed by atoms with Gasteiger partial charge < -0.3 is 14.6 Å². The Morgan fingerprint density at radius 2 is 2.10 bits per heavy atom. The van der Waals surface area contributed by atoms with Gasteiger partial charge in [0.05, 0.1) is 18.3 Å². The number of aryl methyl sites for hydroxylation is 1. The standard InChI is InChI=1S/C17H26O3/c1-4-17(5-2,19-3)16(18)9-7-13-6-8-15-14(12-13)10-11-20-15/h6,8,12,16,18H,4-5,7,9-11H2,1-3H3. The Kier molecular flexibility index (Phi) is 5.06. The van der Waals surface area contributed by atoms with Crippen LogP contribution >= 0.6 is 0 Å². The number of fused-ring (bicyclic) bond motifs is 1. The molecule has 1 aliphatic heterocycles. The van der Waals surface area contributed by atoms with E-state index in [1.54, 1.807) is 7.11 Å². The summed E-state index contributed by atoms with van der Waals surface area (Å²) < 4.78 is 11.1. The smallest absolute Gasteiger partial charge is 0.122 e. The minimum atomic E-state index is -0.424. The summed E-state index contributed by atoms with van der Waals surface area (Å²) in [4.78, 5) is 0. The van der Waals surface area contributed by atoms with Gasteiger partial charge in [-0.1, -0.05) is 26.0 Å². The van der Waals surface area contributed by atoms with Crippen molar-refractivity contribution in [3.63, 3.8) is 0 Å². The van der Waals surface area contributed by atoms with Crippen molar-refractivity contribution < 1.29 is 14.6 Å². The second-order valence-corrected chi connectivity index (χ2v) is 5.57. The molecule has 0 radical (unpaired) electrons. The molecular weight excluding hydrogens is 252 g/mol. The molecule has 0 amide bonds. The summed E-state index contributed by atoms with van der Waals surface area (Å²) in [7, 11) is 1.70. The van der Waals surface area contributed by atoms with Crippen molar-refractivity contribution in [3.05, 3.63) is 29.3 Å². The number of aliphatic hydroxyl groups excluding tert-OH is 1. The molecule has 112 valence electrons. The lowest BCUT2D eigenvalue weighted by Crippen LogP contribution is -2.43. The van der Waals surface area contributed by atoms with Crippen molar-refractivity contribution in [2.75, 3.05) is 13.7 Å². The highest BCUT2D eigenvalue weighted by Gasteiger charge is 2.34. The third-order valence-electron chi connectivity index (χ3n) is 4.67. The van der Waals surface area contributed by atoms with Gasteiger partial charge in [-0.05, 0) is 42.9 Å². The lowest BCUT2D eigenvalue weighted by Gasteiger charge is -2.35. The quantitative estimate of drug-likeness (QED) is 0.833. The number of ether oxygens (including phenoxy) is 2. The summed E-state index contributed by atoms with van der Waals surface area (Å²) >= 11 is 0. The first kappa shape index (κ1) is 15.3. The summed E-state index contributed by atoms with van der Waals surface area (Å²) in [5.41, 5.74) is 2.16. The van der Waals surface area contributed by atoms with Crippen LogP contribution in [-0.4, -0.2) is 30.5 Å². The lowest BCUT2D eigenvalue weighted by molar-refractivity contribution is -0.109. The molecule has 20 heavy (non-hydrogen) atoms. The second kappa shape index (κ2) is 6.59. The van der Waals surface area contributed by atoms with Crippen LogP contribution in [0.25, 0.3) is 0 Å². The normalized spacial score (nSPS) is 15.8. The maximum absolute atomic E-state index is 10.5. The Bertz CT molecular complexity index is 430. The van der Waals surface area contributed by atoms with E-state index < -0.39 is 11.7 Å². The highest BCUT2D eigenvalue weighted by Crippen LogP contribution is 2.29. The highest BCUT2D eigenvalue weighted by atomic mass is 16.5. The molecule has 0 spiro atoms. The van der Waals surface area contributed by atoms with Crippen molar-refractivity contribution in [1.82, 2.24) is 0 Å². The molecule has 1 unspecified atom stereocenters. The van der Waals surface area contributed by atoms with Gasteiger partial charge in [0.2, 0.25) is 0 Å². The predicted octanol–water partition coefficient (Wildman–Crippen LogP) is 3.12. The fourth-order valence-electron chi connectivity index (χ4n) is 3.11. The van der Waals surface area contributed by atoms with Crippen LogP contribution in [0.5, 0.6) is 5.75 Å². The molecule has 1 aliphatic rings. The molecule has 0 aromatic heterocycles.